The number of aromatic nitrogens is 1. The quantitative estimate of drug-likeness (QED) is 0.406. The first-order valence-corrected chi connectivity index (χ1v) is 3.81. The van der Waals surface area contributed by atoms with Gasteiger partial charge >= 0.3 is 0 Å². The topological polar surface area (TPSA) is 60.2 Å². The fourth-order valence-electron chi connectivity index (χ4n) is 0.802. The van der Waals surface area contributed by atoms with E-state index in [1.807, 2.05) is 0 Å². The van der Waals surface area contributed by atoms with Crippen molar-refractivity contribution in [3.63, 3.8) is 0 Å². The van der Waals surface area contributed by atoms with Crippen LogP contribution >= 0.6 is 0 Å². The fourth-order valence-corrected chi connectivity index (χ4v) is 0.802. The summed E-state index contributed by atoms with van der Waals surface area (Å²) in [6.45, 7) is 1.79. The molecule has 4 heteroatoms. The molecule has 3 N–H and O–H groups in total. The maximum atomic E-state index is 5.33. The third-order valence-electron chi connectivity index (χ3n) is 1.43. The second-order valence-electron chi connectivity index (χ2n) is 2.45. The molecule has 68 valence electrons. The van der Waals surface area contributed by atoms with Gasteiger partial charge in [-0.2, -0.15) is 0 Å². The Labute approximate surface area is 77.1 Å². The van der Waals surface area contributed by atoms with Crippen molar-refractivity contribution in [2.75, 3.05) is 5.43 Å². The van der Waals surface area contributed by atoms with E-state index in [2.05, 4.69) is 16.3 Å². The summed E-state index contributed by atoms with van der Waals surface area (Å²) in [7, 11) is 0. The summed E-state index contributed by atoms with van der Waals surface area (Å²) in [4.78, 5) is 3.92. The number of ether oxygens (including phenoxy) is 1. The molecule has 0 amide bonds. The van der Waals surface area contributed by atoms with Gasteiger partial charge in [0.1, 0.15) is 11.6 Å². The second-order valence-corrected chi connectivity index (χ2v) is 2.45. The van der Waals surface area contributed by atoms with Crippen molar-refractivity contribution < 1.29 is 4.74 Å². The average molecular weight is 177 g/mol. The maximum absolute atomic E-state index is 5.33. The van der Waals surface area contributed by atoms with Gasteiger partial charge in [-0.3, -0.25) is 0 Å². The molecule has 13 heavy (non-hydrogen) atoms. The number of hydrogen-bond acceptors (Lipinski definition) is 4. The zero-order valence-corrected chi connectivity index (χ0v) is 7.32. The van der Waals surface area contributed by atoms with Crippen molar-refractivity contribution in [2.45, 2.75) is 13.0 Å². The summed E-state index contributed by atoms with van der Waals surface area (Å²) in [5, 5.41) is 0. The van der Waals surface area contributed by atoms with Crippen molar-refractivity contribution in [3.8, 4) is 18.1 Å². The molecule has 1 aromatic rings. The molecule has 1 atom stereocenters. The second kappa shape index (κ2) is 4.33. The molecular weight excluding hydrogens is 166 g/mol. The smallest absolute Gasteiger partial charge is 0.156 e. The lowest BCUT2D eigenvalue weighted by atomic mass is 10.4. The first kappa shape index (κ1) is 9.36. The summed E-state index contributed by atoms with van der Waals surface area (Å²) < 4.78 is 5.33. The fraction of sp³-hybridized carbons (Fsp3) is 0.222. The van der Waals surface area contributed by atoms with Crippen LogP contribution in [-0.2, 0) is 0 Å². The van der Waals surface area contributed by atoms with Crippen LogP contribution in [0.5, 0.6) is 5.75 Å². The molecule has 0 saturated carbocycles. The van der Waals surface area contributed by atoms with Crippen LogP contribution in [-0.4, -0.2) is 11.1 Å². The number of nitrogens with zero attached hydrogens (tertiary/aromatic N) is 1. The van der Waals surface area contributed by atoms with E-state index in [-0.39, 0.29) is 6.10 Å². The van der Waals surface area contributed by atoms with E-state index in [9.17, 15) is 0 Å². The zero-order chi connectivity index (χ0) is 9.68. The molecule has 1 rings (SSSR count). The SMILES string of the molecule is C#CC(C)Oc1ccnc(NN)c1. The lowest BCUT2D eigenvalue weighted by Gasteiger charge is -2.09. The lowest BCUT2D eigenvalue weighted by Crippen LogP contribution is -2.11. The zero-order valence-electron chi connectivity index (χ0n) is 7.32. The molecule has 0 fully saturated rings. The molecular formula is C9H11N3O. The van der Waals surface area contributed by atoms with Crippen LogP contribution in [0.15, 0.2) is 18.3 Å². The minimum absolute atomic E-state index is 0.256. The van der Waals surface area contributed by atoms with Gasteiger partial charge in [0, 0.05) is 12.3 Å². The van der Waals surface area contributed by atoms with Crippen molar-refractivity contribution in [3.05, 3.63) is 18.3 Å². The van der Waals surface area contributed by atoms with Crippen molar-refractivity contribution in [2.24, 2.45) is 5.84 Å². The molecule has 0 aliphatic rings. The van der Waals surface area contributed by atoms with Gasteiger partial charge in [0.15, 0.2) is 6.10 Å². The molecule has 0 aliphatic carbocycles. The monoisotopic (exact) mass is 177 g/mol. The number of nitrogens with one attached hydrogen (secondary N) is 1. The molecule has 0 bridgehead atoms. The number of rotatable bonds is 3. The van der Waals surface area contributed by atoms with Crippen LogP contribution in [0, 0.1) is 12.3 Å². The molecule has 0 radical (unpaired) electrons. The number of nitrogens with two attached hydrogens (primary N) is 1. The Morgan fingerprint density at radius 3 is 3.15 bits per heavy atom. The Balaban J connectivity index is 2.73. The van der Waals surface area contributed by atoms with E-state index in [1.165, 1.54) is 0 Å². The van der Waals surface area contributed by atoms with Crippen LogP contribution in [0.25, 0.3) is 0 Å². The number of anilines is 1. The molecule has 4 nitrogen and oxygen atoms in total. The van der Waals surface area contributed by atoms with Crippen LogP contribution in [0.3, 0.4) is 0 Å². The summed E-state index contributed by atoms with van der Waals surface area (Å²) in [5.74, 6) is 8.82. The van der Waals surface area contributed by atoms with Gasteiger partial charge in [0.2, 0.25) is 0 Å². The molecule has 1 aromatic heterocycles. The van der Waals surface area contributed by atoms with Gasteiger partial charge < -0.3 is 10.2 Å². The predicted molar refractivity (Wildman–Crippen MR) is 51.0 cm³/mol. The highest BCUT2D eigenvalue weighted by Crippen LogP contribution is 2.14. The largest absolute Gasteiger partial charge is 0.478 e. The summed E-state index contributed by atoms with van der Waals surface area (Å²) in [5.41, 5.74) is 2.42. The highest BCUT2D eigenvalue weighted by molar-refractivity contribution is 5.39. The van der Waals surface area contributed by atoms with Gasteiger partial charge in [0.05, 0.1) is 0 Å². The Morgan fingerprint density at radius 1 is 1.77 bits per heavy atom. The lowest BCUT2D eigenvalue weighted by molar-refractivity contribution is 0.279. The van der Waals surface area contributed by atoms with E-state index in [0.29, 0.717) is 11.6 Å². The van der Waals surface area contributed by atoms with E-state index in [1.54, 1.807) is 25.3 Å². The molecule has 0 aromatic carbocycles. The third-order valence-corrected chi connectivity index (χ3v) is 1.43. The highest BCUT2D eigenvalue weighted by Gasteiger charge is 2.00. The van der Waals surface area contributed by atoms with E-state index in [0.717, 1.165) is 0 Å². The number of nitrogen functional groups attached to an aromatic ring is 1. The average Bonchev–Trinajstić information content (AvgIpc) is 2.18. The number of pyridine rings is 1. The molecule has 0 saturated heterocycles. The third kappa shape index (κ3) is 2.65. The van der Waals surface area contributed by atoms with Gasteiger partial charge in [-0.25, -0.2) is 10.8 Å². The van der Waals surface area contributed by atoms with Gasteiger partial charge in [0.25, 0.3) is 0 Å². The van der Waals surface area contributed by atoms with E-state index in [4.69, 9.17) is 17.0 Å². The summed E-state index contributed by atoms with van der Waals surface area (Å²) in [6, 6.07) is 3.39. The van der Waals surface area contributed by atoms with Crippen LogP contribution in [0.1, 0.15) is 6.92 Å². The highest BCUT2D eigenvalue weighted by atomic mass is 16.5. The Hall–Kier alpha value is -1.73. The van der Waals surface area contributed by atoms with Crippen LogP contribution in [0.2, 0.25) is 0 Å². The normalized spacial score (nSPS) is 11.5. The van der Waals surface area contributed by atoms with Gasteiger partial charge in [-0.15, -0.1) is 6.42 Å². The Bertz CT molecular complexity index is 319. The number of terminal acetylenes is 1. The maximum Gasteiger partial charge on any atom is 0.156 e. The summed E-state index contributed by atoms with van der Waals surface area (Å²) in [6.07, 6.45) is 6.49. The Morgan fingerprint density at radius 2 is 2.54 bits per heavy atom. The van der Waals surface area contributed by atoms with E-state index < -0.39 is 0 Å². The molecule has 1 unspecified atom stereocenters. The molecule has 0 spiro atoms. The number of hydrogen-bond donors (Lipinski definition) is 2. The van der Waals surface area contributed by atoms with Gasteiger partial charge in [-0.1, -0.05) is 5.92 Å². The predicted octanol–water partition coefficient (Wildman–Crippen LogP) is 0.768. The van der Waals surface area contributed by atoms with Gasteiger partial charge in [-0.05, 0) is 13.0 Å². The van der Waals surface area contributed by atoms with Crippen molar-refractivity contribution in [1.82, 2.24) is 4.98 Å². The molecule has 0 aliphatic heterocycles. The van der Waals surface area contributed by atoms with Crippen LogP contribution < -0.4 is 16.0 Å². The first-order valence-electron chi connectivity index (χ1n) is 3.81. The minimum Gasteiger partial charge on any atom is -0.478 e. The first-order chi connectivity index (χ1) is 6.26. The molecule has 1 heterocycles. The van der Waals surface area contributed by atoms with E-state index >= 15 is 0 Å². The number of hydrazine groups is 1. The summed E-state index contributed by atoms with van der Waals surface area (Å²) >= 11 is 0. The van der Waals surface area contributed by atoms with Crippen molar-refractivity contribution >= 4 is 5.82 Å². The van der Waals surface area contributed by atoms with Crippen molar-refractivity contribution in [1.29, 1.82) is 0 Å². The van der Waals surface area contributed by atoms with Crippen LogP contribution in [0.4, 0.5) is 5.82 Å². The minimum atomic E-state index is -0.256. The Kier molecular flexibility index (Phi) is 3.12. The standard InChI is InChI=1S/C9H11N3O/c1-3-7(2)13-8-4-5-11-9(6-8)12-10/h1,4-7H,10H2,2H3,(H,11,12).